The van der Waals surface area contributed by atoms with Crippen LogP contribution in [0.3, 0.4) is 0 Å². The molecule has 0 unspecified atom stereocenters. The van der Waals surface area contributed by atoms with Crippen LogP contribution >= 0.6 is 23.2 Å². The molecule has 0 saturated carbocycles. The Kier molecular flexibility index (Phi) is 5.66. The summed E-state index contributed by atoms with van der Waals surface area (Å²) in [5.74, 6) is 0.831. The van der Waals surface area contributed by atoms with Crippen LogP contribution in [0.15, 0.2) is 42.5 Å². The largest absolute Gasteiger partial charge is 0.456 e. The Balaban J connectivity index is 2.12. The van der Waals surface area contributed by atoms with E-state index in [1.165, 1.54) is 4.90 Å². The van der Waals surface area contributed by atoms with Crippen LogP contribution in [0.25, 0.3) is 0 Å². The molecule has 2 rings (SSSR count). The molecular weight excluding hydrogens is 325 g/mol. The van der Waals surface area contributed by atoms with Crippen LogP contribution in [-0.4, -0.2) is 36.1 Å². The number of carbonyl (C=O) groups is 1. The maximum Gasteiger partial charge on any atom is 0.253 e. The number of ether oxygens (including phenoxy) is 1. The lowest BCUT2D eigenvalue weighted by atomic mass is 10.2. The zero-order chi connectivity index (χ0) is 16.1. The number of hydrogen-bond acceptors (Lipinski definition) is 3. The number of aliphatic hydroxyl groups excluding tert-OH is 1. The summed E-state index contributed by atoms with van der Waals surface area (Å²) in [6.45, 7) is 0.214. The molecule has 116 valence electrons. The van der Waals surface area contributed by atoms with Crippen LogP contribution in [0.2, 0.25) is 10.0 Å². The quantitative estimate of drug-likeness (QED) is 0.899. The maximum atomic E-state index is 12.0. The highest BCUT2D eigenvalue weighted by Crippen LogP contribution is 2.34. The number of halogens is 2. The van der Waals surface area contributed by atoms with E-state index in [4.69, 9.17) is 33.0 Å². The molecule has 6 heteroatoms. The first-order valence-corrected chi connectivity index (χ1v) is 7.36. The highest BCUT2D eigenvalue weighted by atomic mass is 35.5. The van der Waals surface area contributed by atoms with E-state index in [1.54, 1.807) is 49.5 Å². The molecular formula is C16H15Cl2NO3. The Morgan fingerprint density at radius 3 is 2.50 bits per heavy atom. The van der Waals surface area contributed by atoms with Gasteiger partial charge in [0, 0.05) is 19.2 Å². The second-order valence-corrected chi connectivity index (χ2v) is 5.41. The highest BCUT2D eigenvalue weighted by molar-refractivity contribution is 6.42. The molecule has 0 aliphatic carbocycles. The third-order valence-electron chi connectivity index (χ3n) is 3.03. The molecule has 4 nitrogen and oxygen atoms in total. The smallest absolute Gasteiger partial charge is 0.253 e. The Hall–Kier alpha value is -1.75. The molecule has 0 spiro atoms. The summed E-state index contributed by atoms with van der Waals surface area (Å²) in [6.07, 6.45) is 0. The minimum absolute atomic E-state index is 0.0727. The molecule has 0 aliphatic rings. The number of aliphatic hydroxyl groups is 1. The van der Waals surface area contributed by atoms with Gasteiger partial charge in [0.1, 0.15) is 16.5 Å². The van der Waals surface area contributed by atoms with Gasteiger partial charge in [-0.05, 0) is 36.4 Å². The molecule has 0 atom stereocenters. The summed E-state index contributed by atoms with van der Waals surface area (Å²) < 4.78 is 5.65. The Morgan fingerprint density at radius 1 is 1.18 bits per heavy atom. The number of rotatable bonds is 5. The van der Waals surface area contributed by atoms with Crippen molar-refractivity contribution in [3.8, 4) is 11.5 Å². The van der Waals surface area contributed by atoms with Gasteiger partial charge in [-0.1, -0.05) is 29.3 Å². The van der Waals surface area contributed by atoms with E-state index < -0.39 is 0 Å². The highest BCUT2D eigenvalue weighted by Gasteiger charge is 2.12. The molecule has 0 bridgehead atoms. The van der Waals surface area contributed by atoms with Gasteiger partial charge in [0.2, 0.25) is 0 Å². The van der Waals surface area contributed by atoms with Crippen molar-refractivity contribution in [3.05, 3.63) is 58.1 Å². The van der Waals surface area contributed by atoms with Gasteiger partial charge in [-0.25, -0.2) is 0 Å². The lowest BCUT2D eigenvalue weighted by Crippen LogP contribution is -2.29. The van der Waals surface area contributed by atoms with Gasteiger partial charge < -0.3 is 14.7 Å². The van der Waals surface area contributed by atoms with E-state index in [-0.39, 0.29) is 19.1 Å². The van der Waals surface area contributed by atoms with Gasteiger partial charge in [-0.3, -0.25) is 4.79 Å². The lowest BCUT2D eigenvalue weighted by Gasteiger charge is -2.16. The molecule has 2 aromatic carbocycles. The molecule has 2 aromatic rings. The summed E-state index contributed by atoms with van der Waals surface area (Å²) in [6, 6.07) is 11.8. The summed E-state index contributed by atoms with van der Waals surface area (Å²) in [4.78, 5) is 13.5. The lowest BCUT2D eigenvalue weighted by molar-refractivity contribution is 0.0767. The molecule has 0 aliphatic heterocycles. The van der Waals surface area contributed by atoms with Crippen molar-refractivity contribution >= 4 is 29.1 Å². The van der Waals surface area contributed by atoms with Gasteiger partial charge in [0.25, 0.3) is 5.91 Å². The van der Waals surface area contributed by atoms with Crippen molar-refractivity contribution in [1.29, 1.82) is 0 Å². The van der Waals surface area contributed by atoms with Gasteiger partial charge in [-0.2, -0.15) is 0 Å². The Bertz CT molecular complexity index is 659. The first-order valence-electron chi connectivity index (χ1n) is 6.61. The van der Waals surface area contributed by atoms with Crippen LogP contribution in [0.5, 0.6) is 11.5 Å². The minimum Gasteiger partial charge on any atom is -0.456 e. The number of benzene rings is 2. The number of nitrogens with zero attached hydrogens (tertiary/aromatic N) is 1. The summed E-state index contributed by atoms with van der Waals surface area (Å²) in [5.41, 5.74) is 0.514. The van der Waals surface area contributed by atoms with Crippen molar-refractivity contribution in [3.63, 3.8) is 0 Å². The topological polar surface area (TPSA) is 49.8 Å². The fourth-order valence-electron chi connectivity index (χ4n) is 1.83. The van der Waals surface area contributed by atoms with E-state index in [1.807, 2.05) is 0 Å². The van der Waals surface area contributed by atoms with Gasteiger partial charge in [0.05, 0.1) is 11.6 Å². The van der Waals surface area contributed by atoms with Crippen LogP contribution < -0.4 is 4.74 Å². The third kappa shape index (κ3) is 3.91. The summed E-state index contributed by atoms with van der Waals surface area (Å²) in [7, 11) is 1.63. The SMILES string of the molecule is CN(CCO)C(=O)c1ccc(Oc2cccc(Cl)c2Cl)cc1. The van der Waals surface area contributed by atoms with E-state index in [0.717, 1.165) is 0 Å². The van der Waals surface area contributed by atoms with Gasteiger partial charge in [0.15, 0.2) is 0 Å². The average molecular weight is 340 g/mol. The molecule has 1 N–H and O–H groups in total. The second kappa shape index (κ2) is 7.49. The van der Waals surface area contributed by atoms with Crippen molar-refractivity contribution in [2.75, 3.05) is 20.2 Å². The van der Waals surface area contributed by atoms with Gasteiger partial charge in [-0.15, -0.1) is 0 Å². The predicted octanol–water partition coefficient (Wildman–Crippen LogP) is 3.85. The zero-order valence-electron chi connectivity index (χ0n) is 11.9. The van der Waals surface area contributed by atoms with Crippen molar-refractivity contribution < 1.29 is 14.6 Å². The van der Waals surface area contributed by atoms with E-state index >= 15 is 0 Å². The molecule has 0 fully saturated rings. The summed E-state index contributed by atoms with van der Waals surface area (Å²) in [5, 5.41) is 9.61. The second-order valence-electron chi connectivity index (χ2n) is 4.63. The van der Waals surface area contributed by atoms with Crippen molar-refractivity contribution in [2.45, 2.75) is 0 Å². The van der Waals surface area contributed by atoms with Crippen LogP contribution in [-0.2, 0) is 0 Å². The number of amides is 1. The summed E-state index contributed by atoms with van der Waals surface area (Å²) >= 11 is 12.0. The minimum atomic E-state index is -0.165. The predicted molar refractivity (Wildman–Crippen MR) is 87.0 cm³/mol. The molecule has 0 aromatic heterocycles. The first kappa shape index (κ1) is 16.6. The van der Waals surface area contributed by atoms with Crippen LogP contribution in [0.4, 0.5) is 0 Å². The van der Waals surface area contributed by atoms with Crippen molar-refractivity contribution in [2.24, 2.45) is 0 Å². The molecule has 1 amide bonds. The Morgan fingerprint density at radius 2 is 1.86 bits per heavy atom. The maximum absolute atomic E-state index is 12.0. The normalized spacial score (nSPS) is 10.4. The first-order chi connectivity index (χ1) is 10.5. The number of hydrogen-bond donors (Lipinski definition) is 1. The fourth-order valence-corrected chi connectivity index (χ4v) is 2.16. The van der Waals surface area contributed by atoms with Crippen LogP contribution in [0, 0.1) is 0 Å². The van der Waals surface area contributed by atoms with Crippen molar-refractivity contribution in [1.82, 2.24) is 4.90 Å². The van der Waals surface area contributed by atoms with Gasteiger partial charge >= 0.3 is 0 Å². The molecule has 0 saturated heterocycles. The standard InChI is InChI=1S/C16H15Cl2NO3/c1-19(9-10-20)16(21)11-5-7-12(8-6-11)22-14-4-2-3-13(17)15(14)18/h2-8,20H,9-10H2,1H3. The third-order valence-corrected chi connectivity index (χ3v) is 3.83. The molecule has 0 radical (unpaired) electrons. The fraction of sp³-hybridized carbons (Fsp3) is 0.188. The van der Waals surface area contributed by atoms with E-state index in [2.05, 4.69) is 0 Å². The monoisotopic (exact) mass is 339 g/mol. The van der Waals surface area contributed by atoms with E-state index in [0.29, 0.717) is 27.1 Å². The average Bonchev–Trinajstić information content (AvgIpc) is 2.52. The number of carbonyl (C=O) groups excluding carboxylic acids is 1. The Labute approximate surface area is 138 Å². The molecule has 22 heavy (non-hydrogen) atoms. The number of likely N-dealkylation sites (N-methyl/N-ethyl adjacent to an activating group) is 1. The zero-order valence-corrected chi connectivity index (χ0v) is 13.4. The van der Waals surface area contributed by atoms with Crippen LogP contribution in [0.1, 0.15) is 10.4 Å². The molecule has 0 heterocycles. The van der Waals surface area contributed by atoms with E-state index in [9.17, 15) is 4.79 Å².